The highest BCUT2D eigenvalue weighted by molar-refractivity contribution is 5.42. The second kappa shape index (κ2) is 2.99. The molecule has 0 heterocycles. The van der Waals surface area contributed by atoms with Gasteiger partial charge in [0, 0.05) is 5.56 Å². The molecule has 78 valence electrons. The topological polar surface area (TPSA) is 0 Å². The molecule has 0 nitrogen and oxygen atoms in total. The minimum atomic E-state index is -1.80. The normalized spacial score (nSPS) is 17.3. The number of terminal acetylenes is 1. The molecule has 0 N–H and O–H groups in total. The molecule has 1 aromatic rings. The SMILES string of the molecule is C#CC1(c2cc(F)c(F)c(F)c2F)CC1. The van der Waals surface area contributed by atoms with Crippen LogP contribution in [0, 0.1) is 35.6 Å². The maximum atomic E-state index is 13.3. The van der Waals surface area contributed by atoms with Gasteiger partial charge in [-0.1, -0.05) is 5.92 Å². The summed E-state index contributed by atoms with van der Waals surface area (Å²) in [6.07, 6.45) is 6.08. The molecule has 1 saturated carbocycles. The third kappa shape index (κ3) is 1.30. The Hall–Kier alpha value is -1.50. The highest BCUT2D eigenvalue weighted by Gasteiger charge is 2.46. The second-order valence-corrected chi connectivity index (χ2v) is 3.57. The molecule has 0 atom stereocenters. The van der Waals surface area contributed by atoms with Crippen molar-refractivity contribution in [3.8, 4) is 12.3 Å². The highest BCUT2D eigenvalue weighted by atomic mass is 19.2. The van der Waals surface area contributed by atoms with Crippen molar-refractivity contribution < 1.29 is 17.6 Å². The largest absolute Gasteiger partial charge is 0.204 e. The Bertz CT molecular complexity index is 466. The minimum absolute atomic E-state index is 0.263. The third-order valence-electron chi connectivity index (χ3n) is 2.64. The van der Waals surface area contributed by atoms with Crippen LogP contribution in [-0.4, -0.2) is 0 Å². The quantitative estimate of drug-likeness (QED) is 0.292. The van der Waals surface area contributed by atoms with Gasteiger partial charge in [0.15, 0.2) is 23.3 Å². The van der Waals surface area contributed by atoms with Crippen LogP contribution in [0.4, 0.5) is 17.6 Å². The zero-order valence-electron chi connectivity index (χ0n) is 7.58. The fourth-order valence-corrected chi connectivity index (χ4v) is 1.54. The van der Waals surface area contributed by atoms with E-state index in [0.29, 0.717) is 18.9 Å². The molecule has 0 aromatic heterocycles. The van der Waals surface area contributed by atoms with Crippen molar-refractivity contribution in [2.75, 3.05) is 0 Å². The van der Waals surface area contributed by atoms with Gasteiger partial charge in [-0.05, 0) is 18.9 Å². The van der Waals surface area contributed by atoms with E-state index in [2.05, 4.69) is 5.92 Å². The van der Waals surface area contributed by atoms with E-state index < -0.39 is 28.7 Å². The van der Waals surface area contributed by atoms with Crippen LogP contribution in [0.25, 0.3) is 0 Å². The Morgan fingerprint density at radius 3 is 2.13 bits per heavy atom. The number of halogens is 4. The van der Waals surface area contributed by atoms with Gasteiger partial charge >= 0.3 is 0 Å². The molecule has 15 heavy (non-hydrogen) atoms. The van der Waals surface area contributed by atoms with E-state index in [0.717, 1.165) is 0 Å². The summed E-state index contributed by atoms with van der Waals surface area (Å²) in [7, 11) is 0. The third-order valence-corrected chi connectivity index (χ3v) is 2.64. The molecular formula is C11H6F4. The Kier molecular flexibility index (Phi) is 2.00. The summed E-state index contributed by atoms with van der Waals surface area (Å²) in [5.41, 5.74) is -1.21. The van der Waals surface area contributed by atoms with Crippen molar-refractivity contribution in [3.05, 3.63) is 34.9 Å². The van der Waals surface area contributed by atoms with Crippen molar-refractivity contribution >= 4 is 0 Å². The summed E-state index contributed by atoms with van der Waals surface area (Å²) < 4.78 is 51.7. The van der Waals surface area contributed by atoms with Gasteiger partial charge in [-0.2, -0.15) is 0 Å². The summed E-state index contributed by atoms with van der Waals surface area (Å²) in [5.74, 6) is -4.11. The fraction of sp³-hybridized carbons (Fsp3) is 0.273. The van der Waals surface area contributed by atoms with Crippen LogP contribution in [0.15, 0.2) is 6.07 Å². The molecule has 0 unspecified atom stereocenters. The van der Waals surface area contributed by atoms with E-state index in [-0.39, 0.29) is 5.56 Å². The molecule has 0 radical (unpaired) electrons. The fourth-order valence-electron chi connectivity index (χ4n) is 1.54. The van der Waals surface area contributed by atoms with Crippen molar-refractivity contribution in [2.45, 2.75) is 18.3 Å². The smallest absolute Gasteiger partial charge is 0.197 e. The molecule has 0 spiro atoms. The predicted molar refractivity (Wildman–Crippen MR) is 46.0 cm³/mol. The van der Waals surface area contributed by atoms with E-state index in [1.165, 1.54) is 0 Å². The lowest BCUT2D eigenvalue weighted by atomic mass is 9.96. The average Bonchev–Trinajstić information content (AvgIpc) is 3.01. The molecule has 1 fully saturated rings. The molecule has 0 saturated heterocycles. The average molecular weight is 214 g/mol. The van der Waals surface area contributed by atoms with Gasteiger partial charge in [0.05, 0.1) is 5.41 Å². The highest BCUT2D eigenvalue weighted by Crippen LogP contribution is 2.49. The van der Waals surface area contributed by atoms with E-state index in [1.54, 1.807) is 0 Å². The lowest BCUT2D eigenvalue weighted by Gasteiger charge is -2.10. The van der Waals surface area contributed by atoms with Gasteiger partial charge in [0.1, 0.15) is 0 Å². The second-order valence-electron chi connectivity index (χ2n) is 3.57. The molecule has 4 heteroatoms. The number of benzene rings is 1. The molecular weight excluding hydrogens is 208 g/mol. The van der Waals surface area contributed by atoms with Crippen LogP contribution < -0.4 is 0 Å². The molecule has 0 amide bonds. The first-order chi connectivity index (χ1) is 7.02. The van der Waals surface area contributed by atoms with Gasteiger partial charge in [-0.25, -0.2) is 17.6 Å². The van der Waals surface area contributed by atoms with E-state index in [1.807, 2.05) is 0 Å². The summed E-state index contributed by atoms with van der Waals surface area (Å²) in [4.78, 5) is 0. The zero-order valence-corrected chi connectivity index (χ0v) is 7.58. The monoisotopic (exact) mass is 214 g/mol. The van der Waals surface area contributed by atoms with E-state index in [9.17, 15) is 17.6 Å². The molecule has 0 bridgehead atoms. The Morgan fingerprint density at radius 2 is 1.67 bits per heavy atom. The maximum Gasteiger partial charge on any atom is 0.197 e. The van der Waals surface area contributed by atoms with Crippen LogP contribution in [0.2, 0.25) is 0 Å². The minimum Gasteiger partial charge on any atom is -0.204 e. The first-order valence-corrected chi connectivity index (χ1v) is 4.33. The number of hydrogen-bond donors (Lipinski definition) is 0. The summed E-state index contributed by atoms with van der Waals surface area (Å²) in [6.45, 7) is 0. The molecule has 1 aliphatic rings. The van der Waals surface area contributed by atoms with Gasteiger partial charge in [-0.15, -0.1) is 6.42 Å². The number of hydrogen-bond acceptors (Lipinski definition) is 0. The van der Waals surface area contributed by atoms with Gasteiger partial charge in [0.2, 0.25) is 0 Å². The molecule has 1 aromatic carbocycles. The van der Waals surface area contributed by atoms with E-state index >= 15 is 0 Å². The van der Waals surface area contributed by atoms with Gasteiger partial charge in [-0.3, -0.25) is 0 Å². The summed E-state index contributed by atoms with van der Waals surface area (Å²) >= 11 is 0. The van der Waals surface area contributed by atoms with Crippen molar-refractivity contribution in [2.24, 2.45) is 0 Å². The first-order valence-electron chi connectivity index (χ1n) is 4.33. The lowest BCUT2D eigenvalue weighted by molar-refractivity contribution is 0.401. The van der Waals surface area contributed by atoms with Crippen LogP contribution in [-0.2, 0) is 5.41 Å². The van der Waals surface area contributed by atoms with Crippen molar-refractivity contribution in [3.63, 3.8) is 0 Å². The molecule has 1 aliphatic carbocycles. The Morgan fingerprint density at radius 1 is 1.07 bits per heavy atom. The Balaban J connectivity index is 2.65. The van der Waals surface area contributed by atoms with Crippen LogP contribution in [0.5, 0.6) is 0 Å². The summed E-state index contributed by atoms with van der Waals surface area (Å²) in [6, 6.07) is 0.639. The van der Waals surface area contributed by atoms with Crippen LogP contribution >= 0.6 is 0 Å². The lowest BCUT2D eigenvalue weighted by Crippen LogP contribution is -2.10. The number of rotatable bonds is 1. The standard InChI is InChI=1S/C11H6F4/c1-2-11(3-4-11)6-5-7(12)9(14)10(15)8(6)13/h1,5H,3-4H2. The van der Waals surface area contributed by atoms with Crippen LogP contribution in [0.1, 0.15) is 18.4 Å². The van der Waals surface area contributed by atoms with E-state index in [4.69, 9.17) is 6.42 Å². The van der Waals surface area contributed by atoms with Crippen molar-refractivity contribution in [1.29, 1.82) is 0 Å². The predicted octanol–water partition coefficient (Wildman–Crippen LogP) is 2.91. The summed E-state index contributed by atoms with van der Waals surface area (Å²) in [5, 5.41) is 0. The Labute approximate surface area is 83.9 Å². The molecule has 0 aliphatic heterocycles. The maximum absolute atomic E-state index is 13.3. The van der Waals surface area contributed by atoms with Crippen LogP contribution in [0.3, 0.4) is 0 Å². The first kappa shape index (κ1) is 10.0. The van der Waals surface area contributed by atoms with Gasteiger partial charge < -0.3 is 0 Å². The van der Waals surface area contributed by atoms with Crippen molar-refractivity contribution in [1.82, 2.24) is 0 Å². The molecule has 2 rings (SSSR count). The van der Waals surface area contributed by atoms with Gasteiger partial charge in [0.25, 0.3) is 0 Å². The zero-order chi connectivity index (χ0) is 11.2.